The molecule has 112 valence electrons. The highest BCUT2D eigenvalue weighted by molar-refractivity contribution is 9.10. The summed E-state index contributed by atoms with van der Waals surface area (Å²) in [6, 6.07) is 7.87. The first-order valence-electron chi connectivity index (χ1n) is 7.46. The number of rotatable bonds is 7. The zero-order valence-corrected chi connectivity index (χ0v) is 13.5. The van der Waals surface area contributed by atoms with Crippen LogP contribution in [0.25, 0.3) is 0 Å². The van der Waals surface area contributed by atoms with Gasteiger partial charge >= 0.3 is 0 Å². The van der Waals surface area contributed by atoms with Crippen LogP contribution in [0.15, 0.2) is 28.7 Å². The number of ether oxygens (including phenoxy) is 2. The van der Waals surface area contributed by atoms with Gasteiger partial charge in [-0.1, -0.05) is 34.8 Å². The highest BCUT2D eigenvalue weighted by Gasteiger charge is 2.23. The lowest BCUT2D eigenvalue weighted by atomic mass is 9.80. The van der Waals surface area contributed by atoms with Crippen LogP contribution < -0.4 is 10.5 Å². The minimum absolute atomic E-state index is 0.594. The molecule has 3 nitrogen and oxygen atoms in total. The summed E-state index contributed by atoms with van der Waals surface area (Å²) in [5.74, 6) is 2.16. The summed E-state index contributed by atoms with van der Waals surface area (Å²) in [7, 11) is 0. The molecule has 0 radical (unpaired) electrons. The van der Waals surface area contributed by atoms with Gasteiger partial charge < -0.3 is 15.2 Å². The van der Waals surface area contributed by atoms with Crippen molar-refractivity contribution in [2.45, 2.75) is 25.7 Å². The number of hydrogen-bond acceptors (Lipinski definition) is 3. The van der Waals surface area contributed by atoms with Gasteiger partial charge in [0.1, 0.15) is 12.4 Å². The third-order valence-electron chi connectivity index (χ3n) is 3.99. The van der Waals surface area contributed by atoms with Gasteiger partial charge in [0.25, 0.3) is 0 Å². The van der Waals surface area contributed by atoms with E-state index in [9.17, 15) is 0 Å². The molecule has 1 aromatic carbocycles. The van der Waals surface area contributed by atoms with Crippen molar-refractivity contribution in [2.24, 2.45) is 17.6 Å². The first kappa shape index (κ1) is 15.8. The van der Waals surface area contributed by atoms with E-state index in [1.165, 1.54) is 25.7 Å². The SMILES string of the molecule is NCC1CCCCC1COCCOc1cccc(Br)c1. The zero-order chi connectivity index (χ0) is 14.2. The molecule has 0 spiro atoms. The second-order valence-electron chi connectivity index (χ2n) is 5.42. The minimum Gasteiger partial charge on any atom is -0.491 e. The molecular formula is C16H24BrNO2. The van der Waals surface area contributed by atoms with Crippen molar-refractivity contribution in [2.75, 3.05) is 26.4 Å². The summed E-state index contributed by atoms with van der Waals surface area (Å²) >= 11 is 3.43. The van der Waals surface area contributed by atoms with Crippen molar-refractivity contribution in [1.82, 2.24) is 0 Å². The Morgan fingerprint density at radius 2 is 1.95 bits per heavy atom. The van der Waals surface area contributed by atoms with E-state index in [1.54, 1.807) is 0 Å². The van der Waals surface area contributed by atoms with Crippen LogP contribution in [0.2, 0.25) is 0 Å². The van der Waals surface area contributed by atoms with Gasteiger partial charge in [-0.2, -0.15) is 0 Å². The van der Waals surface area contributed by atoms with Crippen molar-refractivity contribution < 1.29 is 9.47 Å². The quantitative estimate of drug-likeness (QED) is 0.770. The van der Waals surface area contributed by atoms with E-state index in [2.05, 4.69) is 15.9 Å². The van der Waals surface area contributed by atoms with Crippen molar-refractivity contribution in [3.8, 4) is 5.75 Å². The molecule has 2 atom stereocenters. The first-order chi connectivity index (χ1) is 9.79. The summed E-state index contributed by atoms with van der Waals surface area (Å²) in [6.45, 7) is 2.85. The normalized spacial score (nSPS) is 22.7. The molecule has 20 heavy (non-hydrogen) atoms. The molecule has 4 heteroatoms. The first-order valence-corrected chi connectivity index (χ1v) is 8.25. The molecule has 0 aliphatic heterocycles. The molecular weight excluding hydrogens is 318 g/mol. The molecule has 1 aliphatic rings. The molecule has 0 amide bonds. The van der Waals surface area contributed by atoms with Gasteiger partial charge in [-0.05, 0) is 49.4 Å². The van der Waals surface area contributed by atoms with Gasteiger partial charge in [0, 0.05) is 11.1 Å². The lowest BCUT2D eigenvalue weighted by Crippen LogP contribution is -2.30. The fraction of sp³-hybridized carbons (Fsp3) is 0.625. The van der Waals surface area contributed by atoms with E-state index < -0.39 is 0 Å². The number of halogens is 1. The van der Waals surface area contributed by atoms with E-state index in [0.717, 1.165) is 23.4 Å². The smallest absolute Gasteiger partial charge is 0.120 e. The maximum Gasteiger partial charge on any atom is 0.120 e. The van der Waals surface area contributed by atoms with E-state index in [1.807, 2.05) is 24.3 Å². The Hall–Kier alpha value is -0.580. The molecule has 1 saturated carbocycles. The molecule has 1 aromatic rings. The van der Waals surface area contributed by atoms with Crippen LogP contribution in [0, 0.1) is 11.8 Å². The lowest BCUT2D eigenvalue weighted by Gasteiger charge is -2.30. The van der Waals surface area contributed by atoms with Crippen LogP contribution in [-0.4, -0.2) is 26.4 Å². The Labute approximate surface area is 130 Å². The molecule has 2 unspecified atom stereocenters. The van der Waals surface area contributed by atoms with E-state index in [0.29, 0.717) is 25.0 Å². The molecule has 0 saturated heterocycles. The largest absolute Gasteiger partial charge is 0.491 e. The number of nitrogens with two attached hydrogens (primary N) is 1. The van der Waals surface area contributed by atoms with E-state index in [-0.39, 0.29) is 0 Å². The van der Waals surface area contributed by atoms with Crippen molar-refractivity contribution >= 4 is 15.9 Å². The molecule has 1 aliphatic carbocycles. The number of benzene rings is 1. The maximum absolute atomic E-state index is 5.83. The second-order valence-corrected chi connectivity index (χ2v) is 6.34. The van der Waals surface area contributed by atoms with Gasteiger partial charge in [-0.25, -0.2) is 0 Å². The van der Waals surface area contributed by atoms with Crippen LogP contribution in [0.1, 0.15) is 25.7 Å². The Morgan fingerprint density at radius 3 is 2.70 bits per heavy atom. The third-order valence-corrected chi connectivity index (χ3v) is 4.49. The Kier molecular flexibility index (Phi) is 6.83. The van der Waals surface area contributed by atoms with Crippen molar-refractivity contribution in [1.29, 1.82) is 0 Å². The summed E-state index contributed by atoms with van der Waals surface area (Å²) in [5.41, 5.74) is 5.83. The molecule has 2 rings (SSSR count). The average Bonchev–Trinajstić information content (AvgIpc) is 2.47. The predicted octanol–water partition coefficient (Wildman–Crippen LogP) is 3.61. The van der Waals surface area contributed by atoms with Crippen LogP contribution in [0.3, 0.4) is 0 Å². The maximum atomic E-state index is 5.83. The molecule has 0 aromatic heterocycles. The Bertz CT molecular complexity index is 400. The van der Waals surface area contributed by atoms with E-state index in [4.69, 9.17) is 15.2 Å². The monoisotopic (exact) mass is 341 g/mol. The average molecular weight is 342 g/mol. The molecule has 1 fully saturated rings. The van der Waals surface area contributed by atoms with Gasteiger partial charge in [0.05, 0.1) is 6.61 Å². The van der Waals surface area contributed by atoms with E-state index >= 15 is 0 Å². The van der Waals surface area contributed by atoms with Crippen LogP contribution in [0.4, 0.5) is 0 Å². The van der Waals surface area contributed by atoms with Gasteiger partial charge in [-0.15, -0.1) is 0 Å². The standard InChI is InChI=1S/C16H24BrNO2/c17-15-6-3-7-16(10-15)20-9-8-19-12-14-5-2-1-4-13(14)11-18/h3,6-7,10,13-14H,1-2,4-5,8-9,11-12,18H2. The summed E-state index contributed by atoms with van der Waals surface area (Å²) in [6.07, 6.45) is 5.16. The lowest BCUT2D eigenvalue weighted by molar-refractivity contribution is 0.0446. The van der Waals surface area contributed by atoms with Crippen LogP contribution >= 0.6 is 15.9 Å². The fourth-order valence-corrected chi connectivity index (χ4v) is 3.20. The van der Waals surface area contributed by atoms with Gasteiger partial charge in [0.2, 0.25) is 0 Å². The Balaban J connectivity index is 1.61. The van der Waals surface area contributed by atoms with Crippen molar-refractivity contribution in [3.63, 3.8) is 0 Å². The predicted molar refractivity (Wildman–Crippen MR) is 85.0 cm³/mol. The molecule has 2 N–H and O–H groups in total. The summed E-state index contributed by atoms with van der Waals surface area (Å²) < 4.78 is 12.4. The Morgan fingerprint density at radius 1 is 1.15 bits per heavy atom. The van der Waals surface area contributed by atoms with Crippen molar-refractivity contribution in [3.05, 3.63) is 28.7 Å². The highest BCUT2D eigenvalue weighted by Crippen LogP contribution is 2.29. The number of hydrogen-bond donors (Lipinski definition) is 1. The second kappa shape index (κ2) is 8.65. The zero-order valence-electron chi connectivity index (χ0n) is 11.9. The summed E-state index contributed by atoms with van der Waals surface area (Å²) in [4.78, 5) is 0. The summed E-state index contributed by atoms with van der Waals surface area (Å²) in [5, 5.41) is 0. The van der Waals surface area contributed by atoms with Crippen LogP contribution in [-0.2, 0) is 4.74 Å². The topological polar surface area (TPSA) is 44.5 Å². The third kappa shape index (κ3) is 5.08. The molecule has 0 bridgehead atoms. The molecule has 0 heterocycles. The van der Waals surface area contributed by atoms with Gasteiger partial charge in [-0.3, -0.25) is 0 Å². The fourth-order valence-electron chi connectivity index (χ4n) is 2.82. The van der Waals surface area contributed by atoms with Crippen LogP contribution in [0.5, 0.6) is 5.75 Å². The van der Waals surface area contributed by atoms with Gasteiger partial charge in [0.15, 0.2) is 0 Å². The minimum atomic E-state index is 0.594. The highest BCUT2D eigenvalue weighted by atomic mass is 79.9.